The van der Waals surface area contributed by atoms with Crippen molar-refractivity contribution in [3.8, 4) is 0 Å². The smallest absolute Gasteiger partial charge is 0.323 e. The molecule has 1 N–H and O–H groups in total. The van der Waals surface area contributed by atoms with Crippen molar-refractivity contribution in [2.75, 3.05) is 48.5 Å². The van der Waals surface area contributed by atoms with E-state index in [1.54, 1.807) is 26.2 Å². The molecule has 134 valence electrons. The van der Waals surface area contributed by atoms with Gasteiger partial charge in [0, 0.05) is 40.2 Å². The van der Waals surface area contributed by atoms with E-state index in [2.05, 4.69) is 4.74 Å². The molecule has 0 aromatic carbocycles. The lowest BCUT2D eigenvalue weighted by molar-refractivity contribution is -0.145. The fourth-order valence-electron chi connectivity index (χ4n) is 2.95. The molecular formula is C15H28N2O6. The molecule has 0 saturated carbocycles. The number of likely N-dealkylation sites (tertiary alicyclic amines) is 2. The molecule has 0 amide bonds. The van der Waals surface area contributed by atoms with Crippen LogP contribution in [-0.4, -0.2) is 99.7 Å². The zero-order chi connectivity index (χ0) is 17.6. The molecule has 2 aliphatic rings. The Morgan fingerprint density at radius 3 is 1.65 bits per heavy atom. The zero-order valence-electron chi connectivity index (χ0n) is 14.5. The molecule has 0 radical (unpaired) electrons. The van der Waals surface area contributed by atoms with Gasteiger partial charge in [0.25, 0.3) is 0 Å². The molecule has 4 atom stereocenters. The van der Waals surface area contributed by atoms with Crippen molar-refractivity contribution in [1.82, 2.24) is 9.80 Å². The Morgan fingerprint density at radius 2 is 1.35 bits per heavy atom. The number of likely N-dealkylation sites (N-methyl/N-ethyl adjacent to an activating group) is 2. The van der Waals surface area contributed by atoms with Gasteiger partial charge < -0.3 is 19.3 Å². The van der Waals surface area contributed by atoms with Gasteiger partial charge in [-0.3, -0.25) is 19.4 Å². The summed E-state index contributed by atoms with van der Waals surface area (Å²) in [7, 11) is 8.40. The minimum atomic E-state index is -0.757. The molecule has 8 heteroatoms. The summed E-state index contributed by atoms with van der Waals surface area (Å²) in [6.45, 7) is 1.52. The number of carbonyl (C=O) groups is 2. The maximum Gasteiger partial charge on any atom is 0.323 e. The van der Waals surface area contributed by atoms with Gasteiger partial charge in [0.05, 0.1) is 19.3 Å². The molecule has 23 heavy (non-hydrogen) atoms. The Bertz CT molecular complexity index is 405. The minimum Gasteiger partial charge on any atom is -0.480 e. The van der Waals surface area contributed by atoms with Crippen molar-refractivity contribution >= 4 is 11.9 Å². The molecule has 2 rings (SSSR count). The maximum absolute atomic E-state index is 11.2. The summed E-state index contributed by atoms with van der Waals surface area (Å²) in [5.41, 5.74) is 0. The van der Waals surface area contributed by atoms with Gasteiger partial charge in [-0.05, 0) is 14.1 Å². The lowest BCUT2D eigenvalue weighted by Gasteiger charge is -2.15. The van der Waals surface area contributed by atoms with Crippen LogP contribution in [0.15, 0.2) is 0 Å². The summed E-state index contributed by atoms with van der Waals surface area (Å²) in [5.74, 6) is -0.927. The van der Waals surface area contributed by atoms with E-state index in [0.29, 0.717) is 13.0 Å². The van der Waals surface area contributed by atoms with E-state index in [1.165, 1.54) is 7.11 Å². The molecule has 2 saturated heterocycles. The van der Waals surface area contributed by atoms with Gasteiger partial charge in [-0.2, -0.15) is 0 Å². The molecule has 0 aliphatic carbocycles. The Balaban J connectivity index is 0.000000231. The van der Waals surface area contributed by atoms with Crippen molar-refractivity contribution in [1.29, 1.82) is 0 Å². The Morgan fingerprint density at radius 1 is 0.913 bits per heavy atom. The van der Waals surface area contributed by atoms with E-state index in [4.69, 9.17) is 14.6 Å². The van der Waals surface area contributed by atoms with Crippen LogP contribution in [0, 0.1) is 0 Å². The Kier molecular flexibility index (Phi) is 7.90. The fraction of sp³-hybridized carbons (Fsp3) is 0.867. The first-order chi connectivity index (χ1) is 10.8. The molecule has 0 bridgehead atoms. The second kappa shape index (κ2) is 9.17. The first-order valence-electron chi connectivity index (χ1n) is 7.60. The summed E-state index contributed by atoms with van der Waals surface area (Å²) in [5, 5.41) is 8.70. The fourth-order valence-corrected chi connectivity index (χ4v) is 2.95. The molecule has 0 spiro atoms. The van der Waals surface area contributed by atoms with Crippen molar-refractivity contribution in [2.45, 2.75) is 37.1 Å². The molecule has 2 heterocycles. The second-order valence-electron chi connectivity index (χ2n) is 5.96. The maximum atomic E-state index is 11.2. The predicted molar refractivity (Wildman–Crippen MR) is 83.3 cm³/mol. The molecule has 0 aromatic rings. The number of carboxylic acid groups (broad SMARTS) is 1. The minimum absolute atomic E-state index is 0.0844. The first kappa shape index (κ1) is 19.8. The van der Waals surface area contributed by atoms with E-state index in [9.17, 15) is 9.59 Å². The largest absolute Gasteiger partial charge is 0.480 e. The summed E-state index contributed by atoms with van der Waals surface area (Å²) < 4.78 is 14.9. The second-order valence-corrected chi connectivity index (χ2v) is 5.96. The third-order valence-electron chi connectivity index (χ3n) is 4.44. The predicted octanol–water partition coefficient (Wildman–Crippen LogP) is -0.331. The third kappa shape index (κ3) is 5.42. The number of hydrogen-bond donors (Lipinski definition) is 1. The normalized spacial score (nSPS) is 31.5. The average molecular weight is 332 g/mol. The number of methoxy groups -OCH3 is 3. The van der Waals surface area contributed by atoms with Gasteiger partial charge in [0.2, 0.25) is 0 Å². The van der Waals surface area contributed by atoms with E-state index < -0.39 is 5.97 Å². The van der Waals surface area contributed by atoms with Gasteiger partial charge in [0.1, 0.15) is 12.1 Å². The number of hydrogen-bond acceptors (Lipinski definition) is 7. The monoisotopic (exact) mass is 332 g/mol. The van der Waals surface area contributed by atoms with Gasteiger partial charge in [-0.1, -0.05) is 0 Å². The van der Waals surface area contributed by atoms with E-state index in [1.807, 2.05) is 11.9 Å². The van der Waals surface area contributed by atoms with Crippen molar-refractivity contribution in [2.24, 2.45) is 0 Å². The van der Waals surface area contributed by atoms with Gasteiger partial charge in [-0.15, -0.1) is 0 Å². The van der Waals surface area contributed by atoms with Crippen LogP contribution in [0.25, 0.3) is 0 Å². The lowest BCUT2D eigenvalue weighted by Crippen LogP contribution is -2.33. The summed E-state index contributed by atoms with van der Waals surface area (Å²) in [4.78, 5) is 25.5. The van der Waals surface area contributed by atoms with Crippen LogP contribution in [0.2, 0.25) is 0 Å². The number of rotatable bonds is 4. The lowest BCUT2D eigenvalue weighted by atomic mass is 10.2. The highest BCUT2D eigenvalue weighted by Crippen LogP contribution is 2.19. The van der Waals surface area contributed by atoms with Gasteiger partial charge in [-0.25, -0.2) is 0 Å². The first-order valence-corrected chi connectivity index (χ1v) is 7.60. The van der Waals surface area contributed by atoms with Crippen LogP contribution in [0.4, 0.5) is 0 Å². The molecule has 0 unspecified atom stereocenters. The van der Waals surface area contributed by atoms with Crippen LogP contribution in [0.3, 0.4) is 0 Å². The van der Waals surface area contributed by atoms with E-state index >= 15 is 0 Å². The number of esters is 1. The van der Waals surface area contributed by atoms with Crippen LogP contribution < -0.4 is 0 Å². The van der Waals surface area contributed by atoms with Crippen molar-refractivity contribution < 1.29 is 28.9 Å². The van der Waals surface area contributed by atoms with Crippen molar-refractivity contribution in [3.63, 3.8) is 0 Å². The summed E-state index contributed by atoms with van der Waals surface area (Å²) in [6.07, 6.45) is 1.59. The molecule has 2 aliphatic heterocycles. The zero-order valence-corrected chi connectivity index (χ0v) is 14.5. The van der Waals surface area contributed by atoms with Crippen LogP contribution in [-0.2, 0) is 23.8 Å². The Hall–Kier alpha value is -1.22. The standard InChI is InChI=1S/C8H15NO3.C7H13NO3/c1-9-5-6(11-2)4-7(9)8(10)12-3;1-8-4-5(11-2)3-6(8)7(9)10/h6-7H,4-5H2,1-3H3;5-6H,3-4H2,1-2H3,(H,9,10)/t6-,7-;5-,6-/m00/s1. The highest BCUT2D eigenvalue weighted by molar-refractivity contribution is 5.76. The number of nitrogens with zero attached hydrogens (tertiary/aromatic N) is 2. The van der Waals surface area contributed by atoms with Gasteiger partial charge in [0.15, 0.2) is 0 Å². The molecular weight excluding hydrogens is 304 g/mol. The topological polar surface area (TPSA) is 88.5 Å². The van der Waals surface area contributed by atoms with Crippen molar-refractivity contribution in [3.05, 3.63) is 0 Å². The SMILES string of the molecule is COC(=O)[C@@H]1C[C@H](OC)CN1C.CO[C@H]1C[C@@H](C(=O)O)N(C)C1. The van der Waals surface area contributed by atoms with Gasteiger partial charge >= 0.3 is 11.9 Å². The Labute approximate surface area is 137 Å². The molecule has 8 nitrogen and oxygen atoms in total. The van der Waals surface area contributed by atoms with Crippen LogP contribution >= 0.6 is 0 Å². The third-order valence-corrected chi connectivity index (χ3v) is 4.44. The molecule has 2 fully saturated rings. The number of ether oxygens (including phenoxy) is 3. The number of aliphatic carboxylic acids is 1. The highest BCUT2D eigenvalue weighted by atomic mass is 16.5. The molecule has 0 aromatic heterocycles. The number of carbonyl (C=O) groups excluding carboxylic acids is 1. The average Bonchev–Trinajstić information content (AvgIpc) is 3.09. The summed E-state index contributed by atoms with van der Waals surface area (Å²) in [6, 6.07) is -0.486. The van der Waals surface area contributed by atoms with Crippen LogP contribution in [0.5, 0.6) is 0 Å². The summed E-state index contributed by atoms with van der Waals surface area (Å²) >= 11 is 0. The van der Waals surface area contributed by atoms with Crippen LogP contribution in [0.1, 0.15) is 12.8 Å². The number of carboxylic acids is 1. The van der Waals surface area contributed by atoms with E-state index in [-0.39, 0.29) is 30.3 Å². The highest BCUT2D eigenvalue weighted by Gasteiger charge is 2.35. The van der Waals surface area contributed by atoms with E-state index in [0.717, 1.165) is 13.0 Å². The quantitative estimate of drug-likeness (QED) is 0.700.